The number of rotatable bonds is 2. The van der Waals surface area contributed by atoms with E-state index in [1.165, 1.54) is 0 Å². The molecule has 0 aliphatic heterocycles. The Bertz CT molecular complexity index is 194. The maximum atomic E-state index is 10.2. The topological polar surface area (TPSA) is 35.5 Å². The number of ether oxygens (including phenoxy) is 2. The molecule has 0 amide bonds. The van der Waals surface area contributed by atoms with Gasteiger partial charge < -0.3 is 9.47 Å². The third-order valence-electron chi connectivity index (χ3n) is 0.524. The average Bonchev–Trinajstić information content (AvgIpc) is 1.80. The van der Waals surface area contributed by atoms with Gasteiger partial charge in [0.25, 0.3) is 0 Å². The zero-order chi connectivity index (χ0) is 12.8. The standard InChI is InChI=1S/C5H10O3.F6P.Li/c1-3-7-5(6)8-4-2;1-7(2,3,4,5)6;/h3-4H2,1-2H3;;/q;-1;+1. The Labute approximate surface area is 99.9 Å². The molecule has 0 N–H and O–H groups in total. The number of halogens is 6. The van der Waals surface area contributed by atoms with Crippen molar-refractivity contribution in [2.45, 2.75) is 13.8 Å². The van der Waals surface area contributed by atoms with Crippen molar-refractivity contribution in [3.8, 4) is 0 Å². The van der Waals surface area contributed by atoms with Crippen molar-refractivity contribution < 1.29 is 58.3 Å². The maximum absolute atomic E-state index is 10.7. The summed E-state index contributed by atoms with van der Waals surface area (Å²) in [5.41, 5.74) is 0. The van der Waals surface area contributed by atoms with Gasteiger partial charge in [0.05, 0.1) is 13.2 Å². The largest absolute Gasteiger partial charge is 1.00 e. The van der Waals surface area contributed by atoms with Crippen molar-refractivity contribution >= 4 is 14.0 Å². The summed E-state index contributed by atoms with van der Waals surface area (Å²) >= 11 is 0. The van der Waals surface area contributed by atoms with E-state index in [-0.39, 0.29) is 18.9 Å². The molecule has 0 fully saturated rings. The van der Waals surface area contributed by atoms with E-state index in [0.29, 0.717) is 13.2 Å². The summed E-state index contributed by atoms with van der Waals surface area (Å²) in [6, 6.07) is 0. The number of carbonyl (C=O) groups excluding carboxylic acids is 1. The minimum atomic E-state index is -10.7. The third-order valence-corrected chi connectivity index (χ3v) is 0.524. The molecule has 0 unspecified atom stereocenters. The molecular weight excluding hydrogens is 260 g/mol. The van der Waals surface area contributed by atoms with Gasteiger partial charge in [0.1, 0.15) is 0 Å². The molecule has 0 aliphatic rings. The van der Waals surface area contributed by atoms with Crippen molar-refractivity contribution in [1.82, 2.24) is 0 Å². The van der Waals surface area contributed by atoms with Gasteiger partial charge in [-0.1, -0.05) is 0 Å². The van der Waals surface area contributed by atoms with Crippen molar-refractivity contribution in [2.24, 2.45) is 0 Å². The second kappa shape index (κ2) is 5.99. The first kappa shape index (κ1) is 21.2. The quantitative estimate of drug-likeness (QED) is 0.330. The van der Waals surface area contributed by atoms with Gasteiger partial charge in [0.2, 0.25) is 0 Å². The Morgan fingerprint density at radius 2 is 1.12 bits per heavy atom. The first-order valence-electron chi connectivity index (χ1n) is 3.62. The van der Waals surface area contributed by atoms with E-state index in [0.717, 1.165) is 0 Å². The van der Waals surface area contributed by atoms with E-state index in [1.807, 2.05) is 0 Å². The molecule has 0 spiro atoms. The van der Waals surface area contributed by atoms with Crippen LogP contribution in [0.2, 0.25) is 0 Å². The summed E-state index contributed by atoms with van der Waals surface area (Å²) in [6.45, 7) is 4.21. The van der Waals surface area contributed by atoms with E-state index in [1.54, 1.807) is 13.8 Å². The molecule has 3 nitrogen and oxygen atoms in total. The fourth-order valence-corrected chi connectivity index (χ4v) is 0.277. The van der Waals surface area contributed by atoms with Crippen molar-refractivity contribution in [2.75, 3.05) is 13.2 Å². The Hall–Kier alpha value is -0.123. The molecule has 0 aromatic heterocycles. The van der Waals surface area contributed by atoms with Gasteiger partial charge >= 0.3 is 58.0 Å². The molecule has 0 atom stereocenters. The molecule has 96 valence electrons. The molecule has 0 saturated carbocycles. The summed E-state index contributed by atoms with van der Waals surface area (Å²) in [5.74, 6) is 0. The van der Waals surface area contributed by atoms with Gasteiger partial charge in [0, 0.05) is 0 Å². The zero-order valence-electron chi connectivity index (χ0n) is 8.85. The van der Waals surface area contributed by atoms with Gasteiger partial charge in [-0.05, 0) is 13.8 Å². The van der Waals surface area contributed by atoms with Crippen LogP contribution in [0.3, 0.4) is 0 Å². The molecule has 0 rings (SSSR count). The van der Waals surface area contributed by atoms with Crippen molar-refractivity contribution in [3.63, 3.8) is 0 Å². The molecule has 11 heteroatoms. The van der Waals surface area contributed by atoms with Crippen LogP contribution in [-0.4, -0.2) is 19.4 Å². The Kier molecular flexibility index (Phi) is 7.93. The zero-order valence-corrected chi connectivity index (χ0v) is 9.75. The molecular formula is C5H10F6LiO3P. The molecule has 0 aliphatic carbocycles. The average molecular weight is 270 g/mol. The normalized spacial score (nSPS) is 14.2. The summed E-state index contributed by atoms with van der Waals surface area (Å²) in [4.78, 5) is 10.2. The Balaban J connectivity index is -0.000000200. The SMILES string of the molecule is CCOC(=O)OCC.F[P-](F)(F)(F)(F)F.[Li+]. The monoisotopic (exact) mass is 270 g/mol. The molecule has 0 aromatic rings. The first-order chi connectivity index (χ1) is 6.26. The van der Waals surface area contributed by atoms with Crippen LogP contribution in [0.15, 0.2) is 0 Å². The molecule has 0 aromatic carbocycles. The summed E-state index contributed by atoms with van der Waals surface area (Å²) in [6.07, 6.45) is -0.588. The van der Waals surface area contributed by atoms with Gasteiger partial charge in [0.15, 0.2) is 0 Å². The van der Waals surface area contributed by atoms with E-state index in [4.69, 9.17) is 0 Å². The molecule has 0 radical (unpaired) electrons. The summed E-state index contributed by atoms with van der Waals surface area (Å²) in [7, 11) is -10.7. The Morgan fingerprint density at radius 1 is 0.938 bits per heavy atom. The van der Waals surface area contributed by atoms with Crippen LogP contribution in [0.25, 0.3) is 0 Å². The van der Waals surface area contributed by atoms with Crippen molar-refractivity contribution in [3.05, 3.63) is 0 Å². The molecule has 0 saturated heterocycles. The fraction of sp³-hybridized carbons (Fsp3) is 0.800. The minimum absolute atomic E-state index is 0. The van der Waals surface area contributed by atoms with Crippen LogP contribution in [-0.2, 0) is 9.47 Å². The third kappa shape index (κ3) is 66.6. The van der Waals surface area contributed by atoms with Crippen LogP contribution in [0.5, 0.6) is 0 Å². The second-order valence-corrected chi connectivity index (χ2v) is 3.99. The minimum Gasteiger partial charge on any atom is 1.00 e. The van der Waals surface area contributed by atoms with E-state index in [9.17, 15) is 30.0 Å². The van der Waals surface area contributed by atoms with Crippen LogP contribution < -0.4 is 18.9 Å². The van der Waals surface area contributed by atoms with Crippen LogP contribution >= 0.6 is 7.81 Å². The number of carbonyl (C=O) groups is 1. The Morgan fingerprint density at radius 3 is 1.25 bits per heavy atom. The predicted molar refractivity (Wildman–Crippen MR) is 42.2 cm³/mol. The van der Waals surface area contributed by atoms with Crippen LogP contribution in [0.1, 0.15) is 13.8 Å². The van der Waals surface area contributed by atoms with Gasteiger partial charge in [-0.15, -0.1) is 0 Å². The summed E-state index contributed by atoms with van der Waals surface area (Å²) < 4.78 is 68.0. The number of hydrogen-bond acceptors (Lipinski definition) is 3. The molecule has 16 heavy (non-hydrogen) atoms. The molecule has 0 bridgehead atoms. The fourth-order valence-electron chi connectivity index (χ4n) is 0.277. The van der Waals surface area contributed by atoms with Gasteiger partial charge in [-0.25, -0.2) is 4.79 Å². The first-order valence-corrected chi connectivity index (χ1v) is 5.65. The van der Waals surface area contributed by atoms with Crippen molar-refractivity contribution in [1.29, 1.82) is 0 Å². The van der Waals surface area contributed by atoms with E-state index >= 15 is 0 Å². The predicted octanol–water partition coefficient (Wildman–Crippen LogP) is 1.57. The molecule has 0 heterocycles. The number of hydrogen-bond donors (Lipinski definition) is 0. The van der Waals surface area contributed by atoms with Gasteiger partial charge in [-0.2, -0.15) is 0 Å². The van der Waals surface area contributed by atoms with Crippen LogP contribution in [0, 0.1) is 0 Å². The summed E-state index contributed by atoms with van der Waals surface area (Å²) in [5, 5.41) is 0. The maximum Gasteiger partial charge on any atom is 1.00 e. The van der Waals surface area contributed by atoms with E-state index in [2.05, 4.69) is 9.47 Å². The van der Waals surface area contributed by atoms with E-state index < -0.39 is 14.0 Å². The van der Waals surface area contributed by atoms with Gasteiger partial charge in [-0.3, -0.25) is 0 Å². The second-order valence-electron chi connectivity index (χ2n) is 2.07. The smallest absolute Gasteiger partial charge is 1.00 e. The van der Waals surface area contributed by atoms with Crippen LogP contribution in [0.4, 0.5) is 30.0 Å².